The van der Waals surface area contributed by atoms with Crippen molar-refractivity contribution in [1.29, 1.82) is 0 Å². The fraction of sp³-hybridized carbons (Fsp3) is 0.333. The maximum atomic E-state index is 11.5. The Bertz CT molecular complexity index is 687. The first kappa shape index (κ1) is 14.6. The molecule has 0 amide bonds. The summed E-state index contributed by atoms with van der Waals surface area (Å²) in [5.74, 6) is 0.771. The second kappa shape index (κ2) is 5.29. The Morgan fingerprint density at radius 1 is 1.30 bits per heavy atom. The predicted octanol–water partition coefficient (Wildman–Crippen LogP) is 3.82. The van der Waals surface area contributed by atoms with Crippen molar-refractivity contribution in [1.82, 2.24) is 9.97 Å². The number of ether oxygens (including phenoxy) is 1. The fourth-order valence-electron chi connectivity index (χ4n) is 1.86. The van der Waals surface area contributed by atoms with E-state index < -0.39 is 5.56 Å². The van der Waals surface area contributed by atoms with Gasteiger partial charge >= 0.3 is 0 Å². The number of hydrogen-bond acceptors (Lipinski definition) is 3. The second-order valence-corrected chi connectivity index (χ2v) is 6.08. The van der Waals surface area contributed by atoms with E-state index in [0.717, 1.165) is 11.1 Å². The summed E-state index contributed by atoms with van der Waals surface area (Å²) >= 11 is 5.91. The average Bonchev–Trinajstić information content (AvgIpc) is 2.36. The van der Waals surface area contributed by atoms with E-state index in [-0.39, 0.29) is 16.3 Å². The summed E-state index contributed by atoms with van der Waals surface area (Å²) in [6.07, 6.45) is 1.27. The van der Waals surface area contributed by atoms with Crippen LogP contribution in [-0.4, -0.2) is 9.97 Å². The molecule has 0 radical (unpaired) electrons. The number of H-pyrrole nitrogens is 1. The molecule has 1 aromatic heterocycles. The van der Waals surface area contributed by atoms with E-state index in [2.05, 4.69) is 36.8 Å². The minimum Gasteiger partial charge on any atom is -0.437 e. The van der Waals surface area contributed by atoms with Crippen LogP contribution in [0.5, 0.6) is 11.6 Å². The van der Waals surface area contributed by atoms with Crippen LogP contribution in [0.3, 0.4) is 0 Å². The largest absolute Gasteiger partial charge is 0.437 e. The molecule has 0 spiro atoms. The van der Waals surface area contributed by atoms with Gasteiger partial charge in [0.1, 0.15) is 5.75 Å². The van der Waals surface area contributed by atoms with Crippen LogP contribution in [0.1, 0.15) is 31.9 Å². The molecule has 0 aliphatic carbocycles. The van der Waals surface area contributed by atoms with Crippen LogP contribution in [0.2, 0.25) is 5.02 Å². The van der Waals surface area contributed by atoms with E-state index in [4.69, 9.17) is 16.3 Å². The zero-order chi connectivity index (χ0) is 14.9. The lowest BCUT2D eigenvalue weighted by Crippen LogP contribution is -2.14. The summed E-state index contributed by atoms with van der Waals surface area (Å²) in [7, 11) is 0. The highest BCUT2D eigenvalue weighted by Crippen LogP contribution is 2.35. The molecule has 0 saturated heterocycles. The fourth-order valence-corrected chi connectivity index (χ4v) is 2.00. The molecule has 0 saturated carbocycles. The Balaban J connectivity index is 2.49. The topological polar surface area (TPSA) is 55.0 Å². The van der Waals surface area contributed by atoms with Crippen molar-refractivity contribution in [3.63, 3.8) is 0 Å². The summed E-state index contributed by atoms with van der Waals surface area (Å²) in [5.41, 5.74) is 1.68. The number of rotatable bonds is 2. The number of aromatic amines is 1. The highest BCUT2D eigenvalue weighted by Gasteiger charge is 2.20. The van der Waals surface area contributed by atoms with E-state index in [0.29, 0.717) is 5.75 Å². The molecular formula is C15H17ClN2O2. The molecule has 0 aliphatic rings. The van der Waals surface area contributed by atoms with Crippen molar-refractivity contribution in [3.8, 4) is 11.6 Å². The van der Waals surface area contributed by atoms with Crippen molar-refractivity contribution in [2.24, 2.45) is 0 Å². The maximum absolute atomic E-state index is 11.5. The molecule has 1 heterocycles. The Hall–Kier alpha value is -1.81. The van der Waals surface area contributed by atoms with Gasteiger partial charge in [0.2, 0.25) is 5.88 Å². The van der Waals surface area contributed by atoms with E-state index in [1.54, 1.807) is 0 Å². The van der Waals surface area contributed by atoms with Gasteiger partial charge < -0.3 is 9.72 Å². The van der Waals surface area contributed by atoms with Crippen molar-refractivity contribution in [3.05, 3.63) is 51.0 Å². The molecule has 0 fully saturated rings. The lowest BCUT2D eigenvalue weighted by atomic mass is 9.85. The van der Waals surface area contributed by atoms with Gasteiger partial charge in [-0.1, -0.05) is 50.1 Å². The normalized spacial score (nSPS) is 11.4. The number of halogens is 1. The Labute approximate surface area is 122 Å². The first-order valence-corrected chi connectivity index (χ1v) is 6.69. The van der Waals surface area contributed by atoms with Gasteiger partial charge in [0.15, 0.2) is 5.02 Å². The Morgan fingerprint density at radius 2 is 2.00 bits per heavy atom. The predicted molar refractivity (Wildman–Crippen MR) is 79.8 cm³/mol. The van der Waals surface area contributed by atoms with Gasteiger partial charge in [-0.3, -0.25) is 4.79 Å². The van der Waals surface area contributed by atoms with Gasteiger partial charge in [-0.25, -0.2) is 4.98 Å². The molecule has 0 atom stereocenters. The number of benzene rings is 1. The van der Waals surface area contributed by atoms with Crippen LogP contribution in [-0.2, 0) is 5.41 Å². The third-order valence-corrected chi connectivity index (χ3v) is 3.25. The molecule has 106 valence electrons. The number of nitrogens with one attached hydrogen (secondary N) is 1. The summed E-state index contributed by atoms with van der Waals surface area (Å²) in [5, 5.41) is -0.0482. The van der Waals surface area contributed by atoms with Crippen LogP contribution in [0.4, 0.5) is 0 Å². The van der Waals surface area contributed by atoms with Crippen molar-refractivity contribution < 1.29 is 4.74 Å². The third kappa shape index (κ3) is 3.02. The maximum Gasteiger partial charge on any atom is 0.273 e. The van der Waals surface area contributed by atoms with Gasteiger partial charge in [-0.2, -0.15) is 0 Å². The van der Waals surface area contributed by atoms with Crippen molar-refractivity contribution in [2.45, 2.75) is 33.1 Å². The molecule has 0 bridgehead atoms. The van der Waals surface area contributed by atoms with Crippen LogP contribution in [0.25, 0.3) is 0 Å². The van der Waals surface area contributed by atoms with E-state index in [9.17, 15) is 4.79 Å². The summed E-state index contributed by atoms with van der Waals surface area (Å²) in [4.78, 5) is 17.8. The zero-order valence-electron chi connectivity index (χ0n) is 12.0. The molecule has 4 nitrogen and oxygen atoms in total. The quantitative estimate of drug-likeness (QED) is 0.915. The SMILES string of the molecule is Cc1ccc(Oc2nc[nH]c(=O)c2Cl)c(C(C)(C)C)c1. The molecule has 0 aliphatic heterocycles. The van der Waals surface area contributed by atoms with Gasteiger partial charge in [0.25, 0.3) is 5.56 Å². The number of aromatic nitrogens is 2. The Kier molecular flexibility index (Phi) is 3.86. The average molecular weight is 293 g/mol. The first-order valence-electron chi connectivity index (χ1n) is 6.31. The van der Waals surface area contributed by atoms with Crippen LogP contribution in [0, 0.1) is 6.92 Å². The molecular weight excluding hydrogens is 276 g/mol. The monoisotopic (exact) mass is 292 g/mol. The first-order chi connectivity index (χ1) is 9.29. The molecule has 2 aromatic rings. The van der Waals surface area contributed by atoms with Crippen LogP contribution in [0.15, 0.2) is 29.3 Å². The molecule has 20 heavy (non-hydrogen) atoms. The van der Waals surface area contributed by atoms with E-state index in [1.165, 1.54) is 6.33 Å². The van der Waals surface area contributed by atoms with Crippen molar-refractivity contribution >= 4 is 11.6 Å². The summed E-state index contributed by atoms with van der Waals surface area (Å²) < 4.78 is 5.74. The molecule has 0 unspecified atom stereocenters. The molecule has 2 rings (SSSR count). The highest BCUT2D eigenvalue weighted by atomic mass is 35.5. The third-order valence-electron chi connectivity index (χ3n) is 2.91. The zero-order valence-corrected chi connectivity index (χ0v) is 12.7. The number of hydrogen-bond donors (Lipinski definition) is 1. The van der Waals surface area contributed by atoms with Crippen LogP contribution < -0.4 is 10.3 Å². The van der Waals surface area contributed by atoms with Gasteiger partial charge in [0, 0.05) is 5.56 Å². The summed E-state index contributed by atoms with van der Waals surface area (Å²) in [6, 6.07) is 5.89. The molecule has 1 N–H and O–H groups in total. The van der Waals surface area contributed by atoms with Crippen LogP contribution >= 0.6 is 11.6 Å². The Morgan fingerprint density at radius 3 is 2.65 bits per heavy atom. The number of aryl methyl sites for hydroxylation is 1. The minimum absolute atomic E-state index is 0.0482. The van der Waals surface area contributed by atoms with Crippen molar-refractivity contribution in [2.75, 3.05) is 0 Å². The highest BCUT2D eigenvalue weighted by molar-refractivity contribution is 6.31. The lowest BCUT2D eigenvalue weighted by molar-refractivity contribution is 0.438. The van der Waals surface area contributed by atoms with Gasteiger partial charge in [0.05, 0.1) is 6.33 Å². The summed E-state index contributed by atoms with van der Waals surface area (Å²) in [6.45, 7) is 8.32. The van der Waals surface area contributed by atoms with E-state index >= 15 is 0 Å². The molecule has 1 aromatic carbocycles. The second-order valence-electron chi connectivity index (χ2n) is 5.70. The minimum atomic E-state index is -0.416. The van der Waals surface area contributed by atoms with E-state index in [1.807, 2.05) is 19.1 Å². The van der Waals surface area contributed by atoms with Gasteiger partial charge in [-0.05, 0) is 18.4 Å². The van der Waals surface area contributed by atoms with Gasteiger partial charge in [-0.15, -0.1) is 0 Å². The molecule has 5 heteroatoms. The standard InChI is InChI=1S/C15H17ClN2O2/c1-9-5-6-11(10(7-9)15(2,3)4)20-14-12(16)13(19)17-8-18-14/h5-8H,1-4H3,(H,17,18,19). The lowest BCUT2D eigenvalue weighted by Gasteiger charge is -2.23. The smallest absolute Gasteiger partial charge is 0.273 e. The number of nitrogens with zero attached hydrogens (tertiary/aromatic N) is 1.